The minimum absolute atomic E-state index is 0.0360. The van der Waals surface area contributed by atoms with Crippen molar-refractivity contribution >= 4 is 5.78 Å². The first-order valence-corrected chi connectivity index (χ1v) is 11.9. The molecule has 1 saturated carbocycles. The van der Waals surface area contributed by atoms with Gasteiger partial charge in [0.25, 0.3) is 0 Å². The summed E-state index contributed by atoms with van der Waals surface area (Å²) in [5.41, 5.74) is 3.04. The zero-order chi connectivity index (χ0) is 24.1. The molecule has 0 bridgehead atoms. The molecule has 1 aromatic heterocycles. The van der Waals surface area contributed by atoms with E-state index in [-0.39, 0.29) is 28.6 Å². The molecule has 1 heterocycles. The molecule has 4 rings (SSSR count). The number of halogens is 3. The molecule has 3 nitrogen and oxygen atoms in total. The van der Waals surface area contributed by atoms with Crippen LogP contribution >= 0.6 is 0 Å². The van der Waals surface area contributed by atoms with Gasteiger partial charge in [0.05, 0.1) is 17.4 Å². The van der Waals surface area contributed by atoms with Gasteiger partial charge in [-0.15, -0.1) is 0 Å². The molecule has 1 atom stereocenters. The van der Waals surface area contributed by atoms with Crippen LogP contribution in [0, 0.1) is 5.41 Å². The molecule has 33 heavy (non-hydrogen) atoms. The van der Waals surface area contributed by atoms with Crippen molar-refractivity contribution < 1.29 is 23.1 Å². The van der Waals surface area contributed by atoms with Crippen LogP contribution in [0.1, 0.15) is 122 Å². The molecule has 0 radical (unpaired) electrons. The van der Waals surface area contributed by atoms with Crippen LogP contribution in [0.2, 0.25) is 0 Å². The van der Waals surface area contributed by atoms with E-state index >= 15 is 0 Å². The Bertz CT molecular complexity index is 1050. The van der Waals surface area contributed by atoms with E-state index in [9.17, 15) is 23.1 Å². The SMILES string of the molecule is CC(C)c1c(C(=O)c2ccc(C(F)(F)F)cc2)c(C2CCCC2)nc2c1C(O)CC(C)(C)C2. The molecule has 178 valence electrons. The summed E-state index contributed by atoms with van der Waals surface area (Å²) in [7, 11) is 0. The van der Waals surface area contributed by atoms with Crippen molar-refractivity contribution in [1.29, 1.82) is 0 Å². The van der Waals surface area contributed by atoms with Gasteiger partial charge in [-0.3, -0.25) is 9.78 Å². The Hall–Kier alpha value is -2.21. The highest BCUT2D eigenvalue weighted by Crippen LogP contribution is 2.47. The van der Waals surface area contributed by atoms with E-state index in [2.05, 4.69) is 13.8 Å². The number of fused-ring (bicyclic) bond motifs is 1. The maximum atomic E-state index is 13.8. The largest absolute Gasteiger partial charge is 0.416 e. The zero-order valence-electron chi connectivity index (χ0n) is 19.7. The summed E-state index contributed by atoms with van der Waals surface area (Å²) in [5.74, 6) is -0.184. The van der Waals surface area contributed by atoms with Crippen molar-refractivity contribution in [1.82, 2.24) is 4.98 Å². The van der Waals surface area contributed by atoms with Crippen LogP contribution in [0.5, 0.6) is 0 Å². The number of nitrogens with zero attached hydrogens (tertiary/aromatic N) is 1. The molecule has 1 N–H and O–H groups in total. The van der Waals surface area contributed by atoms with E-state index in [1.54, 1.807) is 0 Å². The minimum Gasteiger partial charge on any atom is -0.388 e. The average molecular weight is 460 g/mol. The van der Waals surface area contributed by atoms with Crippen LogP contribution in [0.3, 0.4) is 0 Å². The maximum Gasteiger partial charge on any atom is 0.416 e. The summed E-state index contributed by atoms with van der Waals surface area (Å²) >= 11 is 0. The number of alkyl halides is 3. The second-order valence-electron chi connectivity index (χ2n) is 10.7. The van der Waals surface area contributed by atoms with Crippen molar-refractivity contribution in [2.45, 2.75) is 90.3 Å². The minimum atomic E-state index is -4.45. The van der Waals surface area contributed by atoms with E-state index in [1.807, 2.05) is 13.8 Å². The average Bonchev–Trinajstić information content (AvgIpc) is 3.25. The lowest BCUT2D eigenvalue weighted by molar-refractivity contribution is -0.137. The van der Waals surface area contributed by atoms with Crippen molar-refractivity contribution in [2.24, 2.45) is 5.41 Å². The van der Waals surface area contributed by atoms with Gasteiger partial charge in [-0.2, -0.15) is 13.2 Å². The van der Waals surface area contributed by atoms with Gasteiger partial charge in [-0.1, -0.05) is 52.7 Å². The number of aliphatic hydroxyl groups is 1. The highest BCUT2D eigenvalue weighted by Gasteiger charge is 2.39. The monoisotopic (exact) mass is 459 g/mol. The van der Waals surface area contributed by atoms with Gasteiger partial charge in [-0.05, 0) is 54.7 Å². The predicted octanol–water partition coefficient (Wildman–Crippen LogP) is 7.12. The fourth-order valence-corrected chi connectivity index (χ4v) is 5.64. The van der Waals surface area contributed by atoms with Gasteiger partial charge >= 0.3 is 6.18 Å². The molecular formula is C27H32F3NO2. The Morgan fingerprint density at radius 1 is 1.12 bits per heavy atom. The quantitative estimate of drug-likeness (QED) is 0.495. The smallest absolute Gasteiger partial charge is 0.388 e. The van der Waals surface area contributed by atoms with E-state index < -0.39 is 17.8 Å². The number of carbonyl (C=O) groups is 1. The standard InChI is InChI=1S/C27H32F3NO2/c1-15(2)21-22-19(13-26(3,4)14-20(22)32)31-24(16-7-5-6-8-16)23(21)25(33)17-9-11-18(12-10-17)27(28,29)30/h9-12,15-16,20,32H,5-8,13-14H2,1-4H3. The molecule has 0 spiro atoms. The van der Waals surface area contributed by atoms with Crippen LogP contribution < -0.4 is 0 Å². The van der Waals surface area contributed by atoms with Crippen molar-refractivity contribution in [3.05, 3.63) is 63.5 Å². The van der Waals surface area contributed by atoms with Crippen molar-refractivity contribution in [3.8, 4) is 0 Å². The van der Waals surface area contributed by atoms with Gasteiger partial charge in [0.15, 0.2) is 5.78 Å². The molecule has 2 aliphatic rings. The lowest BCUT2D eigenvalue weighted by Gasteiger charge is -2.37. The summed E-state index contributed by atoms with van der Waals surface area (Å²) in [6, 6.07) is 4.43. The third-order valence-corrected chi connectivity index (χ3v) is 7.13. The number of hydrogen-bond donors (Lipinski definition) is 1. The molecule has 1 aromatic carbocycles. The Morgan fingerprint density at radius 3 is 2.27 bits per heavy atom. The second kappa shape index (κ2) is 8.53. The molecule has 2 aliphatic carbocycles. The van der Waals surface area contributed by atoms with Crippen molar-refractivity contribution in [3.63, 3.8) is 0 Å². The predicted molar refractivity (Wildman–Crippen MR) is 121 cm³/mol. The third-order valence-electron chi connectivity index (χ3n) is 7.13. The number of aromatic nitrogens is 1. The number of benzene rings is 1. The summed E-state index contributed by atoms with van der Waals surface area (Å²) in [4.78, 5) is 18.9. The number of carbonyl (C=O) groups excluding carboxylic acids is 1. The Labute approximate surface area is 193 Å². The first-order chi connectivity index (χ1) is 15.4. The maximum absolute atomic E-state index is 13.8. The van der Waals surface area contributed by atoms with Crippen LogP contribution in [-0.4, -0.2) is 15.9 Å². The van der Waals surface area contributed by atoms with Crippen molar-refractivity contribution in [2.75, 3.05) is 0 Å². The molecule has 1 fully saturated rings. The van der Waals surface area contributed by atoms with Crippen LogP contribution in [0.25, 0.3) is 0 Å². The number of hydrogen-bond acceptors (Lipinski definition) is 3. The Kier molecular flexibility index (Phi) is 6.19. The summed E-state index contributed by atoms with van der Waals surface area (Å²) < 4.78 is 39.2. The van der Waals surface area contributed by atoms with Gasteiger partial charge in [0, 0.05) is 28.3 Å². The Balaban J connectivity index is 1.92. The van der Waals surface area contributed by atoms with E-state index in [0.717, 1.165) is 66.8 Å². The number of rotatable bonds is 4. The first kappa shape index (κ1) is 23.9. The first-order valence-electron chi connectivity index (χ1n) is 11.9. The second-order valence-corrected chi connectivity index (χ2v) is 10.7. The summed E-state index contributed by atoms with van der Waals surface area (Å²) in [5, 5.41) is 11.1. The van der Waals surface area contributed by atoms with Crippen LogP contribution in [-0.2, 0) is 12.6 Å². The fourth-order valence-electron chi connectivity index (χ4n) is 5.64. The molecule has 0 aliphatic heterocycles. The molecule has 0 saturated heterocycles. The van der Waals surface area contributed by atoms with Gasteiger partial charge in [-0.25, -0.2) is 0 Å². The van der Waals surface area contributed by atoms with E-state index in [0.29, 0.717) is 12.0 Å². The number of pyridine rings is 1. The van der Waals surface area contributed by atoms with E-state index in [1.165, 1.54) is 12.1 Å². The molecule has 2 aromatic rings. The zero-order valence-corrected chi connectivity index (χ0v) is 19.7. The van der Waals surface area contributed by atoms with Gasteiger partial charge in [0.1, 0.15) is 0 Å². The molecule has 1 unspecified atom stereocenters. The normalized spacial score (nSPS) is 20.8. The highest BCUT2D eigenvalue weighted by atomic mass is 19.4. The molecular weight excluding hydrogens is 427 g/mol. The van der Waals surface area contributed by atoms with Gasteiger partial charge in [0.2, 0.25) is 0 Å². The number of aliphatic hydroxyl groups excluding tert-OH is 1. The lowest BCUT2D eigenvalue weighted by Crippen LogP contribution is -2.30. The van der Waals surface area contributed by atoms with Crippen LogP contribution in [0.4, 0.5) is 13.2 Å². The molecule has 6 heteroatoms. The Morgan fingerprint density at radius 2 is 1.73 bits per heavy atom. The fraction of sp³-hybridized carbons (Fsp3) is 0.556. The lowest BCUT2D eigenvalue weighted by atomic mass is 9.71. The summed E-state index contributed by atoms with van der Waals surface area (Å²) in [6.07, 6.45) is 0.177. The van der Waals surface area contributed by atoms with Crippen LogP contribution in [0.15, 0.2) is 24.3 Å². The highest BCUT2D eigenvalue weighted by molar-refractivity contribution is 6.11. The molecule has 0 amide bonds. The van der Waals surface area contributed by atoms with Gasteiger partial charge < -0.3 is 5.11 Å². The topological polar surface area (TPSA) is 50.2 Å². The number of ketones is 1. The third kappa shape index (κ3) is 4.59. The summed E-state index contributed by atoms with van der Waals surface area (Å²) in [6.45, 7) is 8.24. The van der Waals surface area contributed by atoms with E-state index in [4.69, 9.17) is 4.98 Å².